The summed E-state index contributed by atoms with van der Waals surface area (Å²) >= 11 is 0. The maximum Gasteiger partial charge on any atom is 0.471 e. The summed E-state index contributed by atoms with van der Waals surface area (Å²) in [5.74, 6) is -2.12. The van der Waals surface area contributed by atoms with Crippen LogP contribution in [0.15, 0.2) is 29.2 Å². The van der Waals surface area contributed by atoms with Crippen molar-refractivity contribution in [1.82, 2.24) is 14.5 Å². The summed E-state index contributed by atoms with van der Waals surface area (Å²) < 4.78 is 63.6. The number of amides is 2. The van der Waals surface area contributed by atoms with Crippen LogP contribution in [0.1, 0.15) is 6.92 Å². The van der Waals surface area contributed by atoms with Crippen LogP contribution in [0.4, 0.5) is 18.9 Å². The van der Waals surface area contributed by atoms with Gasteiger partial charge in [-0.05, 0) is 24.3 Å². The molecular weight excluding hydrogens is 401 g/mol. The number of rotatable bonds is 6. The summed E-state index contributed by atoms with van der Waals surface area (Å²) in [5.41, 5.74) is -0.162. The molecule has 0 atom stereocenters. The maximum absolute atomic E-state index is 12.3. The number of alkyl halides is 3. The van der Waals surface area contributed by atoms with Crippen molar-refractivity contribution in [3.05, 3.63) is 24.3 Å². The smallest absolute Gasteiger partial charge is 0.340 e. The largest absolute Gasteiger partial charge is 0.471 e. The molecule has 8 nitrogen and oxygen atoms in total. The molecule has 0 bridgehead atoms. The molecule has 2 amide bonds. The fourth-order valence-corrected chi connectivity index (χ4v) is 3.65. The van der Waals surface area contributed by atoms with E-state index < -0.39 is 22.1 Å². The van der Waals surface area contributed by atoms with Crippen LogP contribution in [0.5, 0.6) is 0 Å². The van der Waals surface area contributed by atoms with Crippen LogP contribution in [0.2, 0.25) is 0 Å². The van der Waals surface area contributed by atoms with Crippen molar-refractivity contribution in [2.24, 2.45) is 0 Å². The Hall–Kier alpha value is -2.18. The first-order chi connectivity index (χ1) is 13.0. The van der Waals surface area contributed by atoms with Gasteiger partial charge < -0.3 is 10.2 Å². The number of hydrogen-bond acceptors (Lipinski definition) is 5. The molecule has 1 aliphatic rings. The van der Waals surface area contributed by atoms with Gasteiger partial charge in [0.2, 0.25) is 15.9 Å². The lowest BCUT2D eigenvalue weighted by atomic mass is 10.3. The molecule has 1 fully saturated rings. The molecule has 0 aliphatic carbocycles. The van der Waals surface area contributed by atoms with Crippen molar-refractivity contribution in [2.75, 3.05) is 44.6 Å². The molecule has 1 heterocycles. The summed E-state index contributed by atoms with van der Waals surface area (Å²) in [6.07, 6.45) is -5.03. The first kappa shape index (κ1) is 22.1. The predicted molar refractivity (Wildman–Crippen MR) is 95.0 cm³/mol. The third kappa shape index (κ3) is 6.17. The van der Waals surface area contributed by atoms with E-state index >= 15 is 0 Å². The van der Waals surface area contributed by atoms with Gasteiger partial charge in [0.1, 0.15) is 0 Å². The second-order valence-corrected chi connectivity index (χ2v) is 7.99. The van der Waals surface area contributed by atoms with Gasteiger partial charge in [-0.15, -0.1) is 0 Å². The minimum absolute atomic E-state index is 0.00947. The lowest BCUT2D eigenvalue weighted by Gasteiger charge is -2.34. The van der Waals surface area contributed by atoms with E-state index in [0.717, 1.165) is 24.3 Å². The first-order valence-corrected chi connectivity index (χ1v) is 9.93. The quantitative estimate of drug-likeness (QED) is 0.701. The zero-order valence-corrected chi connectivity index (χ0v) is 15.9. The molecule has 0 spiro atoms. The molecule has 0 unspecified atom stereocenters. The highest BCUT2D eigenvalue weighted by Gasteiger charge is 2.38. The Kier molecular flexibility index (Phi) is 7.01. The van der Waals surface area contributed by atoms with Gasteiger partial charge in [0.05, 0.1) is 4.90 Å². The van der Waals surface area contributed by atoms with Crippen molar-refractivity contribution in [3.8, 4) is 0 Å². The van der Waals surface area contributed by atoms with Crippen LogP contribution in [0, 0.1) is 0 Å². The number of anilines is 1. The average molecular weight is 422 g/mol. The van der Waals surface area contributed by atoms with E-state index in [0.29, 0.717) is 32.7 Å². The van der Waals surface area contributed by atoms with Gasteiger partial charge >= 0.3 is 12.1 Å². The Labute approximate surface area is 160 Å². The van der Waals surface area contributed by atoms with Crippen LogP contribution in [0.25, 0.3) is 0 Å². The lowest BCUT2D eigenvalue weighted by Crippen LogP contribution is -2.49. The third-order valence-corrected chi connectivity index (χ3v) is 5.69. The van der Waals surface area contributed by atoms with Crippen molar-refractivity contribution in [1.29, 1.82) is 0 Å². The molecule has 2 rings (SSSR count). The molecule has 156 valence electrons. The van der Waals surface area contributed by atoms with Crippen LogP contribution < -0.4 is 10.0 Å². The zero-order chi connectivity index (χ0) is 20.9. The molecule has 2 N–H and O–H groups in total. The van der Waals surface area contributed by atoms with Gasteiger partial charge in [0.25, 0.3) is 0 Å². The number of carbonyl (C=O) groups is 2. The summed E-state index contributed by atoms with van der Waals surface area (Å²) in [7, 11) is -3.84. The van der Waals surface area contributed by atoms with Crippen LogP contribution in [0.3, 0.4) is 0 Å². The number of piperazine rings is 1. The van der Waals surface area contributed by atoms with E-state index in [1.54, 1.807) is 10.2 Å². The maximum atomic E-state index is 12.3. The van der Waals surface area contributed by atoms with Gasteiger partial charge in [0.15, 0.2) is 0 Å². The molecule has 12 heteroatoms. The number of nitrogens with one attached hydrogen (secondary N) is 2. The van der Waals surface area contributed by atoms with E-state index in [4.69, 9.17) is 0 Å². The van der Waals surface area contributed by atoms with E-state index in [9.17, 15) is 31.2 Å². The number of nitrogens with zero attached hydrogens (tertiary/aromatic N) is 2. The molecule has 0 aromatic heterocycles. The van der Waals surface area contributed by atoms with E-state index in [2.05, 4.69) is 4.72 Å². The predicted octanol–water partition coefficient (Wildman–Crippen LogP) is 0.630. The molecular formula is C16H21F3N4O4S. The van der Waals surface area contributed by atoms with Crippen molar-refractivity contribution in [2.45, 2.75) is 18.0 Å². The topological polar surface area (TPSA) is 98.8 Å². The Balaban J connectivity index is 1.84. The Bertz CT molecular complexity index is 804. The van der Waals surface area contributed by atoms with Gasteiger partial charge in [-0.2, -0.15) is 13.2 Å². The normalized spacial score (nSPS) is 16.1. The van der Waals surface area contributed by atoms with Gasteiger partial charge in [-0.1, -0.05) is 0 Å². The third-order valence-electron chi connectivity index (χ3n) is 4.22. The number of sulfonamides is 1. The fourth-order valence-electron chi connectivity index (χ4n) is 2.63. The zero-order valence-electron chi connectivity index (χ0n) is 15.1. The average Bonchev–Trinajstić information content (AvgIpc) is 2.61. The second kappa shape index (κ2) is 8.88. The van der Waals surface area contributed by atoms with Crippen LogP contribution >= 0.6 is 0 Å². The summed E-state index contributed by atoms with van der Waals surface area (Å²) in [6.45, 7) is 4.59. The standard InChI is InChI=1S/C16H21F3N4O4S/c1-12(24)23-10-8-22(9-11-23)7-6-20-28(26,27)14-4-2-13(3-5-14)21-15(25)16(17,18)19/h2-5,20H,6-11H2,1H3,(H,21,25). The minimum Gasteiger partial charge on any atom is -0.340 e. The van der Waals surface area contributed by atoms with E-state index in [1.165, 1.54) is 6.92 Å². The summed E-state index contributed by atoms with van der Waals surface area (Å²) in [5, 5.41) is 1.64. The number of benzene rings is 1. The Morgan fingerprint density at radius 1 is 1.07 bits per heavy atom. The molecule has 1 saturated heterocycles. The molecule has 28 heavy (non-hydrogen) atoms. The monoisotopic (exact) mass is 422 g/mol. The van der Waals surface area contributed by atoms with Gasteiger partial charge in [-0.3, -0.25) is 14.5 Å². The highest BCUT2D eigenvalue weighted by atomic mass is 32.2. The Morgan fingerprint density at radius 2 is 1.64 bits per heavy atom. The van der Waals surface area contributed by atoms with Crippen molar-refractivity contribution in [3.63, 3.8) is 0 Å². The summed E-state index contributed by atoms with van der Waals surface area (Å²) in [6, 6.07) is 4.39. The molecule has 0 saturated carbocycles. The summed E-state index contributed by atoms with van der Waals surface area (Å²) in [4.78, 5) is 25.8. The molecule has 0 radical (unpaired) electrons. The molecule has 1 aliphatic heterocycles. The van der Waals surface area contributed by atoms with Gasteiger partial charge in [-0.25, -0.2) is 13.1 Å². The molecule has 1 aromatic carbocycles. The van der Waals surface area contributed by atoms with Crippen LogP contribution in [-0.2, 0) is 19.6 Å². The fraction of sp³-hybridized carbons (Fsp3) is 0.500. The minimum atomic E-state index is -5.03. The lowest BCUT2D eigenvalue weighted by molar-refractivity contribution is -0.167. The SMILES string of the molecule is CC(=O)N1CCN(CCNS(=O)(=O)c2ccc(NC(=O)C(F)(F)F)cc2)CC1. The number of hydrogen-bond donors (Lipinski definition) is 2. The Morgan fingerprint density at radius 3 is 2.14 bits per heavy atom. The van der Waals surface area contributed by atoms with Crippen molar-refractivity contribution >= 4 is 27.5 Å². The molecule has 1 aromatic rings. The van der Waals surface area contributed by atoms with Crippen molar-refractivity contribution < 1.29 is 31.2 Å². The highest BCUT2D eigenvalue weighted by molar-refractivity contribution is 7.89. The highest BCUT2D eigenvalue weighted by Crippen LogP contribution is 2.19. The van der Waals surface area contributed by atoms with E-state index in [1.807, 2.05) is 4.90 Å². The number of halogens is 3. The van der Waals surface area contributed by atoms with Crippen LogP contribution in [-0.4, -0.2) is 75.5 Å². The number of carbonyl (C=O) groups excluding carboxylic acids is 2. The van der Waals surface area contributed by atoms with Gasteiger partial charge in [0, 0.05) is 51.9 Å². The first-order valence-electron chi connectivity index (χ1n) is 8.45. The second-order valence-electron chi connectivity index (χ2n) is 6.22. The van der Waals surface area contributed by atoms with E-state index in [-0.39, 0.29) is 23.0 Å².